The third kappa shape index (κ3) is 3.22. The quantitative estimate of drug-likeness (QED) is 0.913. The zero-order chi connectivity index (χ0) is 13.1. The zero-order valence-corrected chi connectivity index (χ0v) is 11.3. The van der Waals surface area contributed by atoms with E-state index in [0.29, 0.717) is 29.1 Å². The minimum Gasteiger partial charge on any atom is -0.396 e. The maximum absolute atomic E-state index is 13.7. The van der Waals surface area contributed by atoms with Crippen LogP contribution in [-0.2, 0) is 6.54 Å². The minimum atomic E-state index is -0.210. The first-order valence-corrected chi connectivity index (χ1v) is 6.76. The van der Waals surface area contributed by atoms with Crippen LogP contribution in [0.3, 0.4) is 0 Å². The summed E-state index contributed by atoms with van der Waals surface area (Å²) in [6, 6.07) is 5.09. The summed E-state index contributed by atoms with van der Waals surface area (Å²) in [7, 11) is 0. The van der Waals surface area contributed by atoms with Gasteiger partial charge in [0, 0.05) is 36.3 Å². The number of hydrogen-bond acceptors (Lipinski definition) is 2. The average Bonchev–Trinajstić information content (AvgIpc) is 2.36. The fraction of sp³-hybridized carbons (Fsp3) is 0.571. The fourth-order valence-electron chi connectivity index (χ4n) is 2.52. The van der Waals surface area contributed by atoms with Gasteiger partial charge < -0.3 is 5.11 Å². The predicted octanol–water partition coefficient (Wildman–Crippen LogP) is 3.07. The molecule has 2 nitrogen and oxygen atoms in total. The van der Waals surface area contributed by atoms with Crippen molar-refractivity contribution < 1.29 is 9.50 Å². The SMILES string of the molecule is CC1CCC(CO)CN1Cc1cc(Cl)ccc1F. The number of nitrogens with zero attached hydrogens (tertiary/aromatic N) is 1. The summed E-state index contributed by atoms with van der Waals surface area (Å²) in [4.78, 5) is 2.22. The van der Waals surface area contributed by atoms with E-state index in [1.165, 1.54) is 6.07 Å². The van der Waals surface area contributed by atoms with Crippen LogP contribution >= 0.6 is 11.6 Å². The molecule has 1 aromatic carbocycles. The van der Waals surface area contributed by atoms with Crippen molar-refractivity contribution in [3.8, 4) is 0 Å². The Bertz CT molecular complexity index is 413. The van der Waals surface area contributed by atoms with Gasteiger partial charge in [0.25, 0.3) is 0 Å². The summed E-state index contributed by atoms with van der Waals surface area (Å²) in [6.07, 6.45) is 2.10. The van der Waals surface area contributed by atoms with E-state index in [1.807, 2.05) is 0 Å². The van der Waals surface area contributed by atoms with Crippen molar-refractivity contribution in [3.05, 3.63) is 34.6 Å². The molecule has 4 heteroatoms. The summed E-state index contributed by atoms with van der Waals surface area (Å²) in [5.41, 5.74) is 0.632. The normalized spacial score (nSPS) is 25.3. The van der Waals surface area contributed by atoms with E-state index in [9.17, 15) is 9.50 Å². The highest BCUT2D eigenvalue weighted by molar-refractivity contribution is 6.30. The number of rotatable bonds is 3. The third-order valence-electron chi connectivity index (χ3n) is 3.75. The maximum Gasteiger partial charge on any atom is 0.127 e. The maximum atomic E-state index is 13.7. The molecular weight excluding hydrogens is 253 g/mol. The third-order valence-corrected chi connectivity index (χ3v) is 3.98. The Hall–Kier alpha value is -0.640. The molecule has 0 bridgehead atoms. The highest BCUT2D eigenvalue weighted by Gasteiger charge is 2.25. The molecule has 2 unspecified atom stereocenters. The molecule has 0 saturated carbocycles. The van der Waals surface area contributed by atoms with Gasteiger partial charge in [-0.3, -0.25) is 4.90 Å². The lowest BCUT2D eigenvalue weighted by Gasteiger charge is -2.37. The molecule has 1 saturated heterocycles. The Balaban J connectivity index is 2.09. The Labute approximate surface area is 112 Å². The van der Waals surface area contributed by atoms with Gasteiger partial charge in [-0.25, -0.2) is 4.39 Å². The fourth-order valence-corrected chi connectivity index (χ4v) is 2.71. The standard InChI is InChI=1S/C14H19ClFNO/c1-10-2-3-11(9-18)7-17(10)8-12-6-13(15)4-5-14(12)16/h4-6,10-11,18H,2-3,7-9H2,1H3. The van der Waals surface area contributed by atoms with Crippen LogP contribution in [-0.4, -0.2) is 29.2 Å². The van der Waals surface area contributed by atoms with Gasteiger partial charge in [0.05, 0.1) is 0 Å². The minimum absolute atomic E-state index is 0.210. The van der Waals surface area contributed by atoms with Gasteiger partial charge in [0.1, 0.15) is 5.82 Å². The number of aliphatic hydroxyl groups excluding tert-OH is 1. The topological polar surface area (TPSA) is 23.5 Å². The number of halogens is 2. The molecule has 1 aliphatic rings. The number of piperidine rings is 1. The van der Waals surface area contributed by atoms with Crippen LogP contribution in [0.2, 0.25) is 5.02 Å². The van der Waals surface area contributed by atoms with Crippen LogP contribution in [0, 0.1) is 11.7 Å². The highest BCUT2D eigenvalue weighted by atomic mass is 35.5. The van der Waals surface area contributed by atoms with Crippen molar-refractivity contribution in [1.29, 1.82) is 0 Å². The summed E-state index contributed by atoms with van der Waals surface area (Å²) >= 11 is 5.90. The van der Waals surface area contributed by atoms with Gasteiger partial charge in [-0.15, -0.1) is 0 Å². The van der Waals surface area contributed by atoms with E-state index in [0.717, 1.165) is 19.4 Å². The van der Waals surface area contributed by atoms with E-state index < -0.39 is 0 Å². The van der Waals surface area contributed by atoms with E-state index in [2.05, 4.69) is 11.8 Å². The molecular formula is C14H19ClFNO. The Kier molecular flexibility index (Phi) is 4.60. The van der Waals surface area contributed by atoms with Gasteiger partial charge in [-0.05, 0) is 43.9 Å². The van der Waals surface area contributed by atoms with Crippen molar-refractivity contribution in [2.45, 2.75) is 32.4 Å². The second-order valence-electron chi connectivity index (χ2n) is 5.14. The first-order chi connectivity index (χ1) is 8.60. The molecule has 0 spiro atoms. The molecule has 0 amide bonds. The monoisotopic (exact) mass is 271 g/mol. The van der Waals surface area contributed by atoms with Crippen LogP contribution in [0.4, 0.5) is 4.39 Å². The van der Waals surface area contributed by atoms with Crippen LogP contribution < -0.4 is 0 Å². The molecule has 0 aromatic heterocycles. The van der Waals surface area contributed by atoms with Crippen LogP contribution in [0.1, 0.15) is 25.3 Å². The molecule has 1 N–H and O–H groups in total. The van der Waals surface area contributed by atoms with Crippen molar-refractivity contribution in [1.82, 2.24) is 4.90 Å². The van der Waals surface area contributed by atoms with Gasteiger partial charge in [0.15, 0.2) is 0 Å². The van der Waals surface area contributed by atoms with Crippen molar-refractivity contribution in [3.63, 3.8) is 0 Å². The Morgan fingerprint density at radius 2 is 2.22 bits per heavy atom. The lowest BCUT2D eigenvalue weighted by atomic mass is 9.93. The second kappa shape index (κ2) is 6.00. The Morgan fingerprint density at radius 1 is 1.44 bits per heavy atom. The lowest BCUT2D eigenvalue weighted by Crippen LogP contribution is -2.42. The molecule has 100 valence electrons. The second-order valence-corrected chi connectivity index (χ2v) is 5.58. The number of aliphatic hydroxyl groups is 1. The molecule has 1 fully saturated rings. The summed E-state index contributed by atoms with van der Waals surface area (Å²) in [5, 5.41) is 9.80. The van der Waals surface area contributed by atoms with Gasteiger partial charge in [0.2, 0.25) is 0 Å². The largest absolute Gasteiger partial charge is 0.396 e. The number of hydrogen-bond donors (Lipinski definition) is 1. The van der Waals surface area contributed by atoms with Gasteiger partial charge >= 0.3 is 0 Å². The lowest BCUT2D eigenvalue weighted by molar-refractivity contribution is 0.0763. The molecule has 1 aromatic rings. The summed E-state index contributed by atoms with van der Waals surface area (Å²) in [6.45, 7) is 3.74. The van der Waals surface area contributed by atoms with Crippen LogP contribution in [0.15, 0.2) is 18.2 Å². The molecule has 18 heavy (non-hydrogen) atoms. The molecule has 1 heterocycles. The van der Waals surface area contributed by atoms with Crippen molar-refractivity contribution >= 4 is 11.6 Å². The van der Waals surface area contributed by atoms with Crippen molar-refractivity contribution in [2.75, 3.05) is 13.2 Å². The molecule has 0 aliphatic carbocycles. The van der Waals surface area contributed by atoms with Gasteiger partial charge in [-0.1, -0.05) is 11.6 Å². The van der Waals surface area contributed by atoms with Crippen molar-refractivity contribution in [2.24, 2.45) is 5.92 Å². The number of benzene rings is 1. The van der Waals surface area contributed by atoms with E-state index in [-0.39, 0.29) is 12.4 Å². The summed E-state index contributed by atoms with van der Waals surface area (Å²) in [5.74, 6) is 0.0983. The molecule has 2 rings (SSSR count). The first-order valence-electron chi connectivity index (χ1n) is 6.39. The first kappa shape index (κ1) is 13.8. The smallest absolute Gasteiger partial charge is 0.127 e. The van der Waals surface area contributed by atoms with E-state index in [1.54, 1.807) is 12.1 Å². The van der Waals surface area contributed by atoms with Gasteiger partial charge in [-0.2, -0.15) is 0 Å². The van der Waals surface area contributed by atoms with E-state index >= 15 is 0 Å². The van der Waals surface area contributed by atoms with Crippen LogP contribution in [0.5, 0.6) is 0 Å². The average molecular weight is 272 g/mol. The molecule has 0 radical (unpaired) electrons. The zero-order valence-electron chi connectivity index (χ0n) is 10.6. The van der Waals surface area contributed by atoms with E-state index in [4.69, 9.17) is 11.6 Å². The predicted molar refractivity (Wildman–Crippen MR) is 71.1 cm³/mol. The Morgan fingerprint density at radius 3 is 2.94 bits per heavy atom. The molecule has 1 aliphatic heterocycles. The highest BCUT2D eigenvalue weighted by Crippen LogP contribution is 2.25. The summed E-state index contributed by atoms with van der Waals surface area (Å²) < 4.78 is 13.7. The number of likely N-dealkylation sites (tertiary alicyclic amines) is 1. The molecule has 2 atom stereocenters. The van der Waals surface area contributed by atoms with Crippen LogP contribution in [0.25, 0.3) is 0 Å².